The largest absolute Gasteiger partial charge is 0.337 e. The van der Waals surface area contributed by atoms with Crippen LogP contribution < -0.4 is 5.32 Å². The van der Waals surface area contributed by atoms with E-state index in [4.69, 9.17) is 0 Å². The molecule has 0 spiro atoms. The molecule has 2 rings (SSSR count). The molecule has 3 heteroatoms. The highest BCUT2D eigenvalue weighted by Gasteiger charge is 2.11. The van der Waals surface area contributed by atoms with Gasteiger partial charge in [0.1, 0.15) is 0 Å². The molecule has 1 aromatic heterocycles. The van der Waals surface area contributed by atoms with E-state index >= 15 is 0 Å². The third-order valence-corrected chi connectivity index (χ3v) is 2.88. The molecule has 0 bridgehead atoms. The highest BCUT2D eigenvalue weighted by molar-refractivity contribution is 4.92. The van der Waals surface area contributed by atoms with Gasteiger partial charge >= 0.3 is 0 Å². The summed E-state index contributed by atoms with van der Waals surface area (Å²) in [5, 5.41) is 3.49. The summed E-state index contributed by atoms with van der Waals surface area (Å²) in [5.41, 5.74) is 1.12. The lowest BCUT2D eigenvalue weighted by Crippen LogP contribution is -2.23. The maximum absolute atomic E-state index is 4.25. The third kappa shape index (κ3) is 2.58. The predicted molar refractivity (Wildman–Crippen MR) is 57.2 cm³/mol. The Labute approximate surface area is 85.5 Å². The van der Waals surface area contributed by atoms with Crippen molar-refractivity contribution in [2.45, 2.75) is 32.7 Å². The van der Waals surface area contributed by atoms with E-state index in [1.807, 2.05) is 13.3 Å². The number of aromatic nitrogens is 2. The lowest BCUT2D eigenvalue weighted by Gasteiger charge is -2.14. The zero-order valence-electron chi connectivity index (χ0n) is 8.87. The first-order chi connectivity index (χ1) is 6.84. The Morgan fingerprint density at radius 1 is 1.57 bits per heavy atom. The van der Waals surface area contributed by atoms with Crippen molar-refractivity contribution in [1.82, 2.24) is 14.9 Å². The molecule has 78 valence electrons. The molecule has 1 unspecified atom stereocenters. The van der Waals surface area contributed by atoms with Crippen LogP contribution in [0.25, 0.3) is 0 Å². The molecule has 14 heavy (non-hydrogen) atoms. The fourth-order valence-corrected chi connectivity index (χ4v) is 2.12. The Hall–Kier alpha value is -0.830. The third-order valence-electron chi connectivity index (χ3n) is 2.88. The number of hydrogen-bond acceptors (Lipinski definition) is 2. The normalized spacial score (nSPS) is 23.4. The van der Waals surface area contributed by atoms with Crippen molar-refractivity contribution in [3.8, 4) is 0 Å². The summed E-state index contributed by atoms with van der Waals surface area (Å²) in [6, 6.07) is 0. The summed E-state index contributed by atoms with van der Waals surface area (Å²) >= 11 is 0. The van der Waals surface area contributed by atoms with Crippen LogP contribution in [0.2, 0.25) is 0 Å². The van der Waals surface area contributed by atoms with Crippen molar-refractivity contribution < 1.29 is 0 Å². The first kappa shape index (κ1) is 9.71. The zero-order chi connectivity index (χ0) is 9.80. The van der Waals surface area contributed by atoms with Gasteiger partial charge in [0.2, 0.25) is 0 Å². The van der Waals surface area contributed by atoms with Crippen LogP contribution in [-0.2, 0) is 6.54 Å². The summed E-state index contributed by atoms with van der Waals surface area (Å²) in [4.78, 5) is 4.25. The molecule has 1 fully saturated rings. The number of aryl methyl sites for hydroxylation is 1. The van der Waals surface area contributed by atoms with E-state index in [2.05, 4.69) is 21.1 Å². The van der Waals surface area contributed by atoms with Crippen molar-refractivity contribution >= 4 is 0 Å². The van der Waals surface area contributed by atoms with E-state index in [9.17, 15) is 0 Å². The van der Waals surface area contributed by atoms with Crippen LogP contribution in [0.1, 0.15) is 25.0 Å². The van der Waals surface area contributed by atoms with Gasteiger partial charge in [-0.2, -0.15) is 0 Å². The molecule has 0 aliphatic carbocycles. The topological polar surface area (TPSA) is 29.9 Å². The predicted octanol–water partition coefficient (Wildman–Crippen LogP) is 1.58. The minimum atomic E-state index is 0.783. The van der Waals surface area contributed by atoms with Crippen LogP contribution >= 0.6 is 0 Å². The standard InChI is InChI=1S/C11H19N3/c1-10-7-14(9-13-10)8-11-4-2-3-5-12-6-11/h7,9,11-12H,2-6,8H2,1H3. The molecule has 1 aliphatic heterocycles. The average molecular weight is 193 g/mol. The molecule has 1 aliphatic rings. The molecule has 1 atom stereocenters. The fraction of sp³-hybridized carbons (Fsp3) is 0.727. The number of hydrogen-bond donors (Lipinski definition) is 1. The minimum Gasteiger partial charge on any atom is -0.337 e. The molecule has 1 N–H and O–H groups in total. The van der Waals surface area contributed by atoms with E-state index in [1.165, 1.54) is 25.8 Å². The molecule has 0 radical (unpaired) electrons. The van der Waals surface area contributed by atoms with Crippen molar-refractivity contribution in [2.75, 3.05) is 13.1 Å². The van der Waals surface area contributed by atoms with Gasteiger partial charge in [0.05, 0.1) is 12.0 Å². The second kappa shape index (κ2) is 4.60. The van der Waals surface area contributed by atoms with Crippen molar-refractivity contribution in [2.24, 2.45) is 5.92 Å². The molecular formula is C11H19N3. The van der Waals surface area contributed by atoms with Gasteiger partial charge in [0.25, 0.3) is 0 Å². The molecule has 3 nitrogen and oxygen atoms in total. The van der Waals surface area contributed by atoms with E-state index < -0.39 is 0 Å². The molecule has 0 aromatic carbocycles. The second-order valence-electron chi connectivity index (χ2n) is 4.28. The van der Waals surface area contributed by atoms with Crippen molar-refractivity contribution in [3.05, 3.63) is 18.2 Å². The Balaban J connectivity index is 1.89. The first-order valence-electron chi connectivity index (χ1n) is 5.53. The maximum Gasteiger partial charge on any atom is 0.0949 e. The highest BCUT2D eigenvalue weighted by Crippen LogP contribution is 2.13. The van der Waals surface area contributed by atoms with Gasteiger partial charge in [0, 0.05) is 12.7 Å². The number of imidazole rings is 1. The second-order valence-corrected chi connectivity index (χ2v) is 4.28. The summed E-state index contributed by atoms with van der Waals surface area (Å²) in [6.07, 6.45) is 8.13. The minimum absolute atomic E-state index is 0.783. The van der Waals surface area contributed by atoms with Gasteiger partial charge in [-0.15, -0.1) is 0 Å². The SMILES string of the molecule is Cc1cn(CC2CCCCNC2)cn1. The van der Waals surface area contributed by atoms with Crippen LogP contribution in [0, 0.1) is 12.8 Å². The van der Waals surface area contributed by atoms with Gasteiger partial charge in [-0.25, -0.2) is 4.98 Å². The lowest BCUT2D eigenvalue weighted by atomic mass is 10.0. The number of nitrogens with zero attached hydrogens (tertiary/aromatic N) is 2. The Morgan fingerprint density at radius 2 is 2.50 bits per heavy atom. The Kier molecular flexibility index (Phi) is 3.19. The smallest absolute Gasteiger partial charge is 0.0949 e. The average Bonchev–Trinajstić information content (AvgIpc) is 2.43. The molecule has 1 saturated heterocycles. The quantitative estimate of drug-likeness (QED) is 0.773. The van der Waals surface area contributed by atoms with Gasteiger partial charge in [-0.1, -0.05) is 6.42 Å². The van der Waals surface area contributed by atoms with Gasteiger partial charge in [-0.3, -0.25) is 0 Å². The molecule has 0 saturated carbocycles. The Morgan fingerprint density at radius 3 is 3.29 bits per heavy atom. The number of rotatable bonds is 2. The molecule has 0 amide bonds. The zero-order valence-corrected chi connectivity index (χ0v) is 8.87. The van der Waals surface area contributed by atoms with Gasteiger partial charge in [0.15, 0.2) is 0 Å². The Bertz CT molecular complexity index is 272. The summed E-state index contributed by atoms with van der Waals surface area (Å²) < 4.78 is 2.22. The fourth-order valence-electron chi connectivity index (χ4n) is 2.12. The summed E-state index contributed by atoms with van der Waals surface area (Å²) in [7, 11) is 0. The van der Waals surface area contributed by atoms with E-state index in [-0.39, 0.29) is 0 Å². The molecular weight excluding hydrogens is 174 g/mol. The number of nitrogens with one attached hydrogen (secondary N) is 1. The van der Waals surface area contributed by atoms with Crippen LogP contribution in [0.3, 0.4) is 0 Å². The summed E-state index contributed by atoms with van der Waals surface area (Å²) in [6.45, 7) is 5.52. The van der Waals surface area contributed by atoms with Crippen molar-refractivity contribution in [1.29, 1.82) is 0 Å². The lowest BCUT2D eigenvalue weighted by molar-refractivity contribution is 0.412. The van der Waals surface area contributed by atoms with Crippen LogP contribution in [0.4, 0.5) is 0 Å². The van der Waals surface area contributed by atoms with E-state index in [1.54, 1.807) is 0 Å². The highest BCUT2D eigenvalue weighted by atomic mass is 15.0. The van der Waals surface area contributed by atoms with Crippen LogP contribution in [0.15, 0.2) is 12.5 Å². The van der Waals surface area contributed by atoms with Crippen molar-refractivity contribution in [3.63, 3.8) is 0 Å². The van der Waals surface area contributed by atoms with E-state index in [0.29, 0.717) is 0 Å². The van der Waals surface area contributed by atoms with E-state index in [0.717, 1.165) is 24.7 Å². The first-order valence-corrected chi connectivity index (χ1v) is 5.53. The molecule has 1 aromatic rings. The summed E-state index contributed by atoms with van der Waals surface area (Å²) in [5.74, 6) is 0.783. The van der Waals surface area contributed by atoms with Gasteiger partial charge < -0.3 is 9.88 Å². The maximum atomic E-state index is 4.25. The van der Waals surface area contributed by atoms with Crippen LogP contribution in [-0.4, -0.2) is 22.6 Å². The molecule has 2 heterocycles. The van der Waals surface area contributed by atoms with Gasteiger partial charge in [-0.05, 0) is 38.8 Å². The monoisotopic (exact) mass is 193 g/mol. The van der Waals surface area contributed by atoms with Crippen LogP contribution in [0.5, 0.6) is 0 Å².